The Morgan fingerprint density at radius 3 is 2.11 bits per heavy atom. The molecular weight excluding hydrogens is 486 g/mol. The molecule has 0 saturated carbocycles. The second kappa shape index (κ2) is 12.4. The molecule has 2 N–H and O–H groups in total. The first-order valence-corrected chi connectivity index (χ1v) is 13.4. The lowest BCUT2D eigenvalue weighted by molar-refractivity contribution is 0.0697. The summed E-state index contributed by atoms with van der Waals surface area (Å²) < 4.78 is 29.2. The number of nitrogens with zero attached hydrogens (tertiary/aromatic N) is 2. The lowest BCUT2D eigenvalue weighted by Gasteiger charge is -2.26. The number of carboxylic acid groups (broad SMARTS) is 1. The van der Waals surface area contributed by atoms with Crippen molar-refractivity contribution in [2.24, 2.45) is 0 Å². The molecule has 37 heavy (non-hydrogen) atoms. The maximum atomic E-state index is 13.1. The highest BCUT2D eigenvalue weighted by Crippen LogP contribution is 2.22. The standard InChI is InChI=1S/C29H29N3O4S/c33-29(34)26-15-13-23(14-16-26)21-32(22-24-8-7-18-30-20-24)19-17-28(25-9-3-1-4-10-25)31-37(35,36)27-11-5-2-6-12-27/h1-16,18,20,28,31H,17,19,21-22H2,(H,33,34). The van der Waals surface area contributed by atoms with Crippen LogP contribution in [0.25, 0.3) is 0 Å². The molecular formula is C29H29N3O4S. The van der Waals surface area contributed by atoms with Crippen molar-refractivity contribution in [2.75, 3.05) is 6.54 Å². The maximum absolute atomic E-state index is 13.1. The van der Waals surface area contributed by atoms with Crippen molar-refractivity contribution in [1.29, 1.82) is 0 Å². The molecule has 0 spiro atoms. The number of pyridine rings is 1. The van der Waals surface area contributed by atoms with Crippen LogP contribution in [0.1, 0.15) is 39.5 Å². The van der Waals surface area contributed by atoms with Gasteiger partial charge in [0.2, 0.25) is 10.0 Å². The molecule has 0 aliphatic carbocycles. The van der Waals surface area contributed by atoms with Crippen molar-refractivity contribution >= 4 is 16.0 Å². The lowest BCUT2D eigenvalue weighted by atomic mass is 10.0. The van der Waals surface area contributed by atoms with Gasteiger partial charge in [-0.2, -0.15) is 0 Å². The second-order valence-corrected chi connectivity index (χ2v) is 10.5. The topological polar surface area (TPSA) is 99.6 Å². The van der Waals surface area contributed by atoms with E-state index in [2.05, 4.69) is 14.6 Å². The number of sulfonamides is 1. The first-order chi connectivity index (χ1) is 17.9. The third-order valence-electron chi connectivity index (χ3n) is 6.02. The van der Waals surface area contributed by atoms with Crippen molar-refractivity contribution in [3.05, 3.63) is 132 Å². The van der Waals surface area contributed by atoms with Gasteiger partial charge in [0.25, 0.3) is 0 Å². The number of hydrogen-bond donors (Lipinski definition) is 2. The third kappa shape index (κ3) is 7.57. The Balaban J connectivity index is 1.55. The molecule has 190 valence electrons. The Kier molecular flexibility index (Phi) is 8.79. The molecule has 0 amide bonds. The summed E-state index contributed by atoms with van der Waals surface area (Å²) in [6, 6.07) is 28.2. The first kappa shape index (κ1) is 26.2. The third-order valence-corrected chi connectivity index (χ3v) is 7.51. The van der Waals surface area contributed by atoms with Crippen molar-refractivity contribution in [3.8, 4) is 0 Å². The van der Waals surface area contributed by atoms with Gasteiger partial charge in [-0.05, 0) is 53.4 Å². The molecule has 0 bridgehead atoms. The fourth-order valence-electron chi connectivity index (χ4n) is 4.12. The average Bonchev–Trinajstić information content (AvgIpc) is 2.92. The summed E-state index contributed by atoms with van der Waals surface area (Å²) in [5.74, 6) is -0.963. The monoisotopic (exact) mass is 515 g/mol. The SMILES string of the molecule is O=C(O)c1ccc(CN(CCC(NS(=O)(=O)c2ccccc2)c2ccccc2)Cc2cccnc2)cc1. The number of carbonyl (C=O) groups is 1. The summed E-state index contributed by atoms with van der Waals surface area (Å²) in [6.07, 6.45) is 4.07. The van der Waals surface area contributed by atoms with Crippen LogP contribution in [-0.2, 0) is 23.1 Å². The van der Waals surface area contributed by atoms with E-state index in [4.69, 9.17) is 0 Å². The van der Waals surface area contributed by atoms with Gasteiger partial charge in [-0.15, -0.1) is 0 Å². The van der Waals surface area contributed by atoms with Gasteiger partial charge >= 0.3 is 5.97 Å². The van der Waals surface area contributed by atoms with Gasteiger partial charge in [-0.1, -0.05) is 66.7 Å². The zero-order chi connectivity index (χ0) is 26.1. The van der Waals surface area contributed by atoms with Crippen molar-refractivity contribution in [2.45, 2.75) is 30.4 Å². The number of carboxylic acids is 1. The van der Waals surface area contributed by atoms with E-state index in [1.165, 1.54) is 0 Å². The first-order valence-electron chi connectivity index (χ1n) is 12.0. The van der Waals surface area contributed by atoms with Crippen LogP contribution in [-0.4, -0.2) is 35.9 Å². The van der Waals surface area contributed by atoms with Crippen LogP contribution < -0.4 is 4.72 Å². The van der Waals surface area contributed by atoms with Crippen LogP contribution in [0.2, 0.25) is 0 Å². The molecule has 1 heterocycles. The van der Waals surface area contributed by atoms with Crippen molar-refractivity contribution in [1.82, 2.24) is 14.6 Å². The number of benzene rings is 3. The molecule has 0 radical (unpaired) electrons. The molecule has 0 aliphatic heterocycles. The van der Waals surface area contributed by atoms with E-state index >= 15 is 0 Å². The smallest absolute Gasteiger partial charge is 0.335 e. The lowest BCUT2D eigenvalue weighted by Crippen LogP contribution is -2.32. The second-order valence-electron chi connectivity index (χ2n) is 8.76. The van der Waals surface area contributed by atoms with Crippen molar-refractivity contribution < 1.29 is 18.3 Å². The molecule has 4 aromatic rings. The summed E-state index contributed by atoms with van der Waals surface area (Å²) in [5.41, 5.74) is 3.12. The summed E-state index contributed by atoms with van der Waals surface area (Å²) in [5, 5.41) is 9.21. The maximum Gasteiger partial charge on any atom is 0.335 e. The van der Waals surface area contributed by atoms with E-state index in [1.54, 1.807) is 48.7 Å². The Morgan fingerprint density at radius 2 is 1.49 bits per heavy atom. The minimum Gasteiger partial charge on any atom is -0.478 e. The molecule has 1 atom stereocenters. The van der Waals surface area contributed by atoms with Crippen LogP contribution in [0, 0.1) is 0 Å². The molecule has 4 rings (SSSR count). The van der Waals surface area contributed by atoms with Gasteiger partial charge < -0.3 is 5.11 Å². The van der Waals surface area contributed by atoms with E-state index in [1.807, 2.05) is 60.8 Å². The van der Waals surface area contributed by atoms with E-state index < -0.39 is 22.0 Å². The predicted molar refractivity (Wildman–Crippen MR) is 142 cm³/mol. The Bertz CT molecular complexity index is 1380. The molecule has 8 heteroatoms. The molecule has 0 aliphatic rings. The van der Waals surface area contributed by atoms with Crippen LogP contribution >= 0.6 is 0 Å². The van der Waals surface area contributed by atoms with Crippen LogP contribution in [0.3, 0.4) is 0 Å². The van der Waals surface area contributed by atoms with E-state index in [-0.39, 0.29) is 10.5 Å². The Labute approximate surface area is 217 Å². The summed E-state index contributed by atoms with van der Waals surface area (Å²) in [4.78, 5) is 17.9. The molecule has 3 aromatic carbocycles. The quantitative estimate of drug-likeness (QED) is 0.279. The Hall–Kier alpha value is -3.85. The highest BCUT2D eigenvalue weighted by Gasteiger charge is 2.22. The van der Waals surface area contributed by atoms with Crippen molar-refractivity contribution in [3.63, 3.8) is 0 Å². The average molecular weight is 516 g/mol. The normalized spacial score (nSPS) is 12.4. The number of nitrogens with one attached hydrogen (secondary N) is 1. The number of aromatic nitrogens is 1. The fraction of sp³-hybridized carbons (Fsp3) is 0.172. The van der Waals surface area contributed by atoms with E-state index in [9.17, 15) is 18.3 Å². The zero-order valence-electron chi connectivity index (χ0n) is 20.3. The molecule has 7 nitrogen and oxygen atoms in total. The summed E-state index contributed by atoms with van der Waals surface area (Å²) >= 11 is 0. The van der Waals surface area contributed by atoms with E-state index in [0.717, 1.165) is 16.7 Å². The summed E-state index contributed by atoms with van der Waals surface area (Å²) in [7, 11) is -3.72. The minimum atomic E-state index is -3.72. The van der Waals surface area contributed by atoms with Crippen LogP contribution in [0.5, 0.6) is 0 Å². The van der Waals surface area contributed by atoms with Crippen LogP contribution in [0.15, 0.2) is 114 Å². The highest BCUT2D eigenvalue weighted by atomic mass is 32.2. The Morgan fingerprint density at radius 1 is 0.838 bits per heavy atom. The highest BCUT2D eigenvalue weighted by molar-refractivity contribution is 7.89. The minimum absolute atomic E-state index is 0.224. The van der Waals surface area contributed by atoms with Gasteiger partial charge in [0.05, 0.1) is 10.5 Å². The number of rotatable bonds is 12. The van der Waals surface area contributed by atoms with E-state index in [0.29, 0.717) is 26.1 Å². The zero-order valence-corrected chi connectivity index (χ0v) is 21.1. The van der Waals surface area contributed by atoms with Gasteiger partial charge in [0.15, 0.2) is 0 Å². The number of aromatic carboxylic acids is 1. The molecule has 1 aromatic heterocycles. The predicted octanol–water partition coefficient (Wildman–Crippen LogP) is 4.89. The van der Waals surface area contributed by atoms with Gasteiger partial charge in [-0.3, -0.25) is 9.88 Å². The number of hydrogen-bond acceptors (Lipinski definition) is 5. The van der Waals surface area contributed by atoms with Crippen LogP contribution in [0.4, 0.5) is 0 Å². The van der Waals surface area contributed by atoms with Gasteiger partial charge in [0.1, 0.15) is 0 Å². The summed E-state index contributed by atoms with van der Waals surface area (Å²) in [6.45, 7) is 1.77. The van der Waals surface area contributed by atoms with Gasteiger partial charge in [0, 0.05) is 38.1 Å². The fourth-order valence-corrected chi connectivity index (χ4v) is 5.40. The van der Waals surface area contributed by atoms with Gasteiger partial charge in [-0.25, -0.2) is 17.9 Å². The molecule has 1 unspecified atom stereocenters. The largest absolute Gasteiger partial charge is 0.478 e. The molecule has 0 saturated heterocycles. The molecule has 0 fully saturated rings.